The van der Waals surface area contributed by atoms with Gasteiger partial charge in [-0.05, 0) is 12.1 Å². The van der Waals surface area contributed by atoms with Crippen LogP contribution < -0.4 is 0 Å². The second-order valence-electron chi connectivity index (χ2n) is 2.71. The maximum Gasteiger partial charge on any atom is 0.150 e. The predicted molar refractivity (Wildman–Crippen MR) is 56.7 cm³/mol. The average Bonchev–Trinajstić information content (AvgIpc) is 2.71. The third kappa shape index (κ3) is 2.00. The van der Waals surface area contributed by atoms with Gasteiger partial charge in [0.1, 0.15) is 6.29 Å². The van der Waals surface area contributed by atoms with Crippen molar-refractivity contribution in [3.05, 3.63) is 42.1 Å². The first-order chi connectivity index (χ1) is 6.40. The highest BCUT2D eigenvalue weighted by molar-refractivity contribution is 5.85. The SMILES string of the molecule is Cl.O=Cc1cccc(-c2ccn[nH]2)c1. The van der Waals surface area contributed by atoms with Crippen LogP contribution in [0.4, 0.5) is 0 Å². The van der Waals surface area contributed by atoms with Crippen molar-refractivity contribution in [3.8, 4) is 11.3 Å². The number of H-pyrrole nitrogens is 1. The first-order valence-corrected chi connectivity index (χ1v) is 3.95. The highest BCUT2D eigenvalue weighted by Crippen LogP contribution is 2.16. The highest BCUT2D eigenvalue weighted by atomic mass is 35.5. The fourth-order valence-electron chi connectivity index (χ4n) is 1.20. The Morgan fingerprint density at radius 3 is 2.79 bits per heavy atom. The lowest BCUT2D eigenvalue weighted by Crippen LogP contribution is -1.82. The zero-order valence-electron chi connectivity index (χ0n) is 7.31. The zero-order valence-corrected chi connectivity index (χ0v) is 8.12. The number of nitrogens with one attached hydrogen (secondary N) is 1. The molecule has 2 aromatic rings. The molecule has 0 saturated heterocycles. The minimum atomic E-state index is 0. The van der Waals surface area contributed by atoms with Gasteiger partial charge < -0.3 is 0 Å². The predicted octanol–water partition coefficient (Wildman–Crippen LogP) is 2.31. The standard InChI is InChI=1S/C10H8N2O.ClH/c13-7-8-2-1-3-9(6-8)10-4-5-11-12-10;/h1-7H,(H,11,12);1H. The fraction of sp³-hybridized carbons (Fsp3) is 0. The van der Waals surface area contributed by atoms with Crippen molar-refractivity contribution < 1.29 is 4.79 Å². The van der Waals surface area contributed by atoms with E-state index in [9.17, 15) is 4.79 Å². The maximum atomic E-state index is 10.5. The first-order valence-electron chi connectivity index (χ1n) is 3.95. The van der Waals surface area contributed by atoms with Crippen LogP contribution in [0, 0.1) is 0 Å². The number of carbonyl (C=O) groups excluding carboxylic acids is 1. The normalized spacial score (nSPS) is 9.14. The summed E-state index contributed by atoms with van der Waals surface area (Å²) in [5.74, 6) is 0. The smallest absolute Gasteiger partial charge is 0.150 e. The van der Waals surface area contributed by atoms with E-state index in [1.807, 2.05) is 24.3 Å². The Morgan fingerprint density at radius 2 is 2.14 bits per heavy atom. The van der Waals surface area contributed by atoms with Gasteiger partial charge in [0, 0.05) is 17.3 Å². The minimum absolute atomic E-state index is 0. The molecule has 0 spiro atoms. The number of benzene rings is 1. The number of carbonyl (C=O) groups is 1. The van der Waals surface area contributed by atoms with Gasteiger partial charge in [-0.1, -0.05) is 18.2 Å². The van der Waals surface area contributed by atoms with Crippen molar-refractivity contribution in [2.45, 2.75) is 0 Å². The third-order valence-electron chi connectivity index (χ3n) is 1.83. The number of hydrogen-bond donors (Lipinski definition) is 1. The van der Waals surface area contributed by atoms with E-state index in [1.165, 1.54) is 0 Å². The second-order valence-corrected chi connectivity index (χ2v) is 2.71. The number of hydrogen-bond acceptors (Lipinski definition) is 2. The lowest BCUT2D eigenvalue weighted by atomic mass is 10.1. The highest BCUT2D eigenvalue weighted by Gasteiger charge is 1.98. The summed E-state index contributed by atoms with van der Waals surface area (Å²) >= 11 is 0. The monoisotopic (exact) mass is 208 g/mol. The summed E-state index contributed by atoms with van der Waals surface area (Å²) in [6.45, 7) is 0. The van der Waals surface area contributed by atoms with Gasteiger partial charge in [-0.2, -0.15) is 5.10 Å². The molecule has 0 aliphatic rings. The zero-order chi connectivity index (χ0) is 9.10. The Balaban J connectivity index is 0.000000980. The van der Waals surface area contributed by atoms with Crippen molar-refractivity contribution in [3.63, 3.8) is 0 Å². The van der Waals surface area contributed by atoms with Gasteiger partial charge in [-0.15, -0.1) is 12.4 Å². The molecule has 72 valence electrons. The maximum absolute atomic E-state index is 10.5. The number of aromatic amines is 1. The van der Waals surface area contributed by atoms with Gasteiger partial charge in [-0.3, -0.25) is 9.89 Å². The van der Waals surface area contributed by atoms with Gasteiger partial charge in [-0.25, -0.2) is 0 Å². The topological polar surface area (TPSA) is 45.8 Å². The molecule has 1 aromatic carbocycles. The summed E-state index contributed by atoms with van der Waals surface area (Å²) in [6, 6.07) is 9.23. The van der Waals surface area contributed by atoms with Crippen LogP contribution in [0.1, 0.15) is 10.4 Å². The molecule has 0 unspecified atom stereocenters. The molecule has 0 amide bonds. The van der Waals surface area contributed by atoms with Crippen molar-refractivity contribution in [2.24, 2.45) is 0 Å². The summed E-state index contributed by atoms with van der Waals surface area (Å²) in [4.78, 5) is 10.5. The molecular weight excluding hydrogens is 200 g/mol. The number of halogens is 1. The fourth-order valence-corrected chi connectivity index (χ4v) is 1.20. The number of aldehydes is 1. The molecule has 3 nitrogen and oxygen atoms in total. The summed E-state index contributed by atoms with van der Waals surface area (Å²) in [5, 5.41) is 6.68. The number of rotatable bonds is 2. The summed E-state index contributed by atoms with van der Waals surface area (Å²) < 4.78 is 0. The minimum Gasteiger partial charge on any atom is -0.298 e. The molecule has 0 fully saturated rings. The van der Waals surface area contributed by atoms with Crippen LogP contribution in [0.15, 0.2) is 36.5 Å². The molecule has 0 radical (unpaired) electrons. The van der Waals surface area contributed by atoms with Crippen molar-refractivity contribution in [2.75, 3.05) is 0 Å². The van der Waals surface area contributed by atoms with Crippen LogP contribution >= 0.6 is 12.4 Å². The van der Waals surface area contributed by atoms with Crippen molar-refractivity contribution in [1.82, 2.24) is 10.2 Å². The molecule has 0 atom stereocenters. The summed E-state index contributed by atoms with van der Waals surface area (Å²) in [6.07, 6.45) is 2.52. The Hall–Kier alpha value is -1.61. The van der Waals surface area contributed by atoms with Gasteiger partial charge in [0.15, 0.2) is 0 Å². The van der Waals surface area contributed by atoms with Crippen LogP contribution in [0.3, 0.4) is 0 Å². The molecule has 0 aliphatic heterocycles. The van der Waals surface area contributed by atoms with E-state index in [-0.39, 0.29) is 12.4 Å². The lowest BCUT2D eigenvalue weighted by Gasteiger charge is -1.96. The van der Waals surface area contributed by atoms with Gasteiger partial charge in [0.05, 0.1) is 5.69 Å². The second kappa shape index (κ2) is 4.58. The van der Waals surface area contributed by atoms with Crippen LogP contribution in [0.25, 0.3) is 11.3 Å². The summed E-state index contributed by atoms with van der Waals surface area (Å²) in [5.41, 5.74) is 2.57. The average molecular weight is 209 g/mol. The van der Waals surface area contributed by atoms with Crippen molar-refractivity contribution in [1.29, 1.82) is 0 Å². The molecule has 1 aromatic heterocycles. The molecule has 0 saturated carbocycles. The van der Waals surface area contributed by atoms with E-state index in [4.69, 9.17) is 0 Å². The number of aromatic nitrogens is 2. The van der Waals surface area contributed by atoms with Crippen LogP contribution in [-0.2, 0) is 0 Å². The molecule has 1 heterocycles. The van der Waals surface area contributed by atoms with E-state index < -0.39 is 0 Å². The summed E-state index contributed by atoms with van der Waals surface area (Å²) in [7, 11) is 0. The molecule has 1 N–H and O–H groups in total. The van der Waals surface area contributed by atoms with E-state index in [0.717, 1.165) is 17.5 Å². The Kier molecular flexibility index (Phi) is 3.42. The molecular formula is C10H9ClN2O. The number of nitrogens with zero attached hydrogens (tertiary/aromatic N) is 1. The Bertz CT molecular complexity index is 412. The molecule has 4 heteroatoms. The molecule has 2 rings (SSSR count). The van der Waals surface area contributed by atoms with Crippen molar-refractivity contribution >= 4 is 18.7 Å². The van der Waals surface area contributed by atoms with Crippen LogP contribution in [-0.4, -0.2) is 16.5 Å². The molecule has 14 heavy (non-hydrogen) atoms. The third-order valence-corrected chi connectivity index (χ3v) is 1.83. The molecule has 0 bridgehead atoms. The van der Waals surface area contributed by atoms with Crippen LogP contribution in [0.5, 0.6) is 0 Å². The van der Waals surface area contributed by atoms with E-state index in [0.29, 0.717) is 5.56 Å². The van der Waals surface area contributed by atoms with E-state index in [2.05, 4.69) is 10.2 Å². The largest absolute Gasteiger partial charge is 0.298 e. The Morgan fingerprint density at radius 1 is 1.29 bits per heavy atom. The van der Waals surface area contributed by atoms with Gasteiger partial charge in [0.25, 0.3) is 0 Å². The van der Waals surface area contributed by atoms with E-state index >= 15 is 0 Å². The quantitative estimate of drug-likeness (QED) is 0.770. The lowest BCUT2D eigenvalue weighted by molar-refractivity contribution is 0.112. The van der Waals surface area contributed by atoms with Gasteiger partial charge in [0.2, 0.25) is 0 Å². The first kappa shape index (κ1) is 10.5. The Labute approximate surface area is 87.6 Å². The van der Waals surface area contributed by atoms with E-state index in [1.54, 1.807) is 12.3 Å². The van der Waals surface area contributed by atoms with Gasteiger partial charge >= 0.3 is 0 Å². The molecule has 0 aliphatic carbocycles. The van der Waals surface area contributed by atoms with Crippen LogP contribution in [0.2, 0.25) is 0 Å².